The number of carbonyl (C=O) groups is 1. The van der Waals surface area contributed by atoms with E-state index in [4.69, 9.17) is 0 Å². The SMILES string of the molecule is CN(N=O)C(=O)N(C)c1ccccc1. The van der Waals surface area contributed by atoms with Crippen LogP contribution < -0.4 is 4.90 Å². The molecule has 0 saturated heterocycles. The van der Waals surface area contributed by atoms with Gasteiger partial charge in [0, 0.05) is 19.8 Å². The minimum atomic E-state index is -0.466. The second-order valence-electron chi connectivity index (χ2n) is 2.78. The number of benzene rings is 1. The monoisotopic (exact) mass is 193 g/mol. The largest absolute Gasteiger partial charge is 0.346 e. The molecular weight excluding hydrogens is 182 g/mol. The number of nitrogens with zero attached hydrogens (tertiary/aromatic N) is 3. The van der Waals surface area contributed by atoms with E-state index in [0.717, 1.165) is 5.01 Å². The van der Waals surface area contributed by atoms with Gasteiger partial charge in [0.1, 0.15) is 0 Å². The van der Waals surface area contributed by atoms with Gasteiger partial charge in [-0.15, -0.1) is 4.91 Å². The molecule has 0 heterocycles. The standard InChI is InChI=1S/C9H11N3O2/c1-11(9(13)12(2)10-14)8-6-4-3-5-7-8/h3-7H,1-2H3. The highest BCUT2D eigenvalue weighted by Crippen LogP contribution is 2.12. The summed E-state index contributed by atoms with van der Waals surface area (Å²) >= 11 is 0. The van der Waals surface area contributed by atoms with Crippen LogP contribution in [0.2, 0.25) is 0 Å². The molecule has 0 aromatic heterocycles. The number of para-hydroxylation sites is 1. The number of nitroso groups, excluding NO2 is 1. The van der Waals surface area contributed by atoms with Gasteiger partial charge in [0.05, 0.1) is 5.29 Å². The molecule has 14 heavy (non-hydrogen) atoms. The van der Waals surface area contributed by atoms with Crippen molar-refractivity contribution in [3.63, 3.8) is 0 Å². The maximum absolute atomic E-state index is 11.4. The highest BCUT2D eigenvalue weighted by atomic mass is 16.3. The summed E-state index contributed by atoms with van der Waals surface area (Å²) in [6.07, 6.45) is 0. The van der Waals surface area contributed by atoms with E-state index in [-0.39, 0.29) is 0 Å². The number of carbonyl (C=O) groups excluding carboxylic acids is 1. The summed E-state index contributed by atoms with van der Waals surface area (Å²) in [6.45, 7) is 0. The van der Waals surface area contributed by atoms with Crippen LogP contribution in [0.25, 0.3) is 0 Å². The van der Waals surface area contributed by atoms with E-state index in [1.807, 2.05) is 18.2 Å². The van der Waals surface area contributed by atoms with Crippen molar-refractivity contribution in [2.75, 3.05) is 19.0 Å². The van der Waals surface area contributed by atoms with E-state index < -0.39 is 6.03 Å². The molecular formula is C9H11N3O2. The van der Waals surface area contributed by atoms with E-state index >= 15 is 0 Å². The molecule has 0 aliphatic carbocycles. The first kappa shape index (κ1) is 10.2. The van der Waals surface area contributed by atoms with Gasteiger partial charge in [0.2, 0.25) is 0 Å². The number of urea groups is 1. The average molecular weight is 193 g/mol. The maximum Gasteiger partial charge on any atom is 0.346 e. The summed E-state index contributed by atoms with van der Waals surface area (Å²) in [6, 6.07) is 8.56. The third-order valence-corrected chi connectivity index (χ3v) is 1.83. The Hall–Kier alpha value is -1.91. The minimum Gasteiger partial charge on any atom is -0.296 e. The predicted octanol–water partition coefficient (Wildman–Crippen LogP) is 1.86. The van der Waals surface area contributed by atoms with Crippen LogP contribution in [-0.2, 0) is 0 Å². The van der Waals surface area contributed by atoms with Crippen molar-refractivity contribution in [3.8, 4) is 0 Å². The first-order chi connectivity index (χ1) is 6.66. The Morgan fingerprint density at radius 1 is 1.21 bits per heavy atom. The van der Waals surface area contributed by atoms with Crippen molar-refractivity contribution in [2.45, 2.75) is 0 Å². The molecule has 5 heteroatoms. The number of hydrogen-bond acceptors (Lipinski definition) is 3. The van der Waals surface area contributed by atoms with Crippen LogP contribution in [0, 0.1) is 4.91 Å². The Kier molecular flexibility index (Phi) is 3.17. The zero-order valence-electron chi connectivity index (χ0n) is 8.04. The van der Waals surface area contributed by atoms with Crippen molar-refractivity contribution < 1.29 is 4.79 Å². The van der Waals surface area contributed by atoms with Gasteiger partial charge < -0.3 is 0 Å². The summed E-state index contributed by atoms with van der Waals surface area (Å²) in [4.78, 5) is 22.9. The summed E-state index contributed by atoms with van der Waals surface area (Å²) in [5.74, 6) is 0. The van der Waals surface area contributed by atoms with Crippen LogP contribution in [-0.4, -0.2) is 25.1 Å². The zero-order valence-corrected chi connectivity index (χ0v) is 8.04. The molecule has 1 aromatic carbocycles. The van der Waals surface area contributed by atoms with Gasteiger partial charge >= 0.3 is 6.03 Å². The normalized spacial score (nSPS) is 9.29. The third kappa shape index (κ3) is 2.07. The van der Waals surface area contributed by atoms with E-state index in [0.29, 0.717) is 5.69 Å². The molecule has 0 aliphatic heterocycles. The van der Waals surface area contributed by atoms with Gasteiger partial charge in [-0.05, 0) is 12.1 Å². The minimum absolute atomic E-state index is 0.466. The van der Waals surface area contributed by atoms with Crippen molar-refractivity contribution in [2.24, 2.45) is 5.29 Å². The van der Waals surface area contributed by atoms with Crippen LogP contribution in [0.5, 0.6) is 0 Å². The van der Waals surface area contributed by atoms with Crippen LogP contribution in [0.1, 0.15) is 0 Å². The van der Waals surface area contributed by atoms with Gasteiger partial charge in [0.25, 0.3) is 0 Å². The van der Waals surface area contributed by atoms with E-state index in [1.54, 1.807) is 19.2 Å². The fourth-order valence-corrected chi connectivity index (χ4v) is 1.01. The molecule has 0 atom stereocenters. The molecule has 0 N–H and O–H groups in total. The molecule has 0 unspecified atom stereocenters. The molecule has 5 nitrogen and oxygen atoms in total. The number of rotatable bonds is 2. The first-order valence-corrected chi connectivity index (χ1v) is 4.06. The van der Waals surface area contributed by atoms with Gasteiger partial charge in [0.15, 0.2) is 0 Å². The van der Waals surface area contributed by atoms with Crippen molar-refractivity contribution in [3.05, 3.63) is 35.2 Å². The molecule has 0 saturated carbocycles. The second-order valence-corrected chi connectivity index (χ2v) is 2.78. The predicted molar refractivity (Wildman–Crippen MR) is 53.8 cm³/mol. The second kappa shape index (κ2) is 4.36. The van der Waals surface area contributed by atoms with Crippen molar-refractivity contribution >= 4 is 11.7 Å². The maximum atomic E-state index is 11.4. The van der Waals surface area contributed by atoms with Gasteiger partial charge in [-0.2, -0.15) is 5.01 Å². The highest BCUT2D eigenvalue weighted by Gasteiger charge is 2.15. The lowest BCUT2D eigenvalue weighted by molar-refractivity contribution is 0.218. The lowest BCUT2D eigenvalue weighted by atomic mass is 10.3. The number of hydrogen-bond donors (Lipinski definition) is 0. The molecule has 0 spiro atoms. The molecule has 1 rings (SSSR count). The molecule has 0 bridgehead atoms. The van der Waals surface area contributed by atoms with Gasteiger partial charge in [-0.25, -0.2) is 4.79 Å². The molecule has 74 valence electrons. The smallest absolute Gasteiger partial charge is 0.296 e. The Labute approximate surface area is 81.9 Å². The Morgan fingerprint density at radius 3 is 2.29 bits per heavy atom. The fraction of sp³-hybridized carbons (Fsp3) is 0.222. The summed E-state index contributed by atoms with van der Waals surface area (Å²) < 4.78 is 0. The fourth-order valence-electron chi connectivity index (χ4n) is 1.01. The van der Waals surface area contributed by atoms with Gasteiger partial charge in [-0.1, -0.05) is 18.2 Å². The Bertz CT molecular complexity index is 326. The van der Waals surface area contributed by atoms with Crippen LogP contribution in [0.15, 0.2) is 35.6 Å². The molecule has 1 aromatic rings. The number of anilines is 1. The molecule has 0 fully saturated rings. The molecule has 0 radical (unpaired) electrons. The van der Waals surface area contributed by atoms with Crippen molar-refractivity contribution in [1.82, 2.24) is 5.01 Å². The summed E-state index contributed by atoms with van der Waals surface area (Å²) in [5.41, 5.74) is 0.716. The molecule has 2 amide bonds. The highest BCUT2D eigenvalue weighted by molar-refractivity contribution is 5.90. The Balaban J connectivity index is 2.80. The quantitative estimate of drug-likeness (QED) is 0.531. The topological polar surface area (TPSA) is 53.0 Å². The number of amides is 2. The summed E-state index contributed by atoms with van der Waals surface area (Å²) in [7, 11) is 2.90. The van der Waals surface area contributed by atoms with E-state index in [1.165, 1.54) is 11.9 Å². The van der Waals surface area contributed by atoms with Crippen molar-refractivity contribution in [1.29, 1.82) is 0 Å². The first-order valence-electron chi connectivity index (χ1n) is 4.06. The summed E-state index contributed by atoms with van der Waals surface area (Å²) in [5, 5.41) is 3.27. The van der Waals surface area contributed by atoms with Crippen LogP contribution in [0.3, 0.4) is 0 Å². The Morgan fingerprint density at radius 2 is 1.79 bits per heavy atom. The third-order valence-electron chi connectivity index (χ3n) is 1.83. The zero-order chi connectivity index (χ0) is 10.6. The molecule has 0 aliphatic rings. The lowest BCUT2D eigenvalue weighted by Crippen LogP contribution is -2.35. The van der Waals surface area contributed by atoms with Crippen LogP contribution in [0.4, 0.5) is 10.5 Å². The average Bonchev–Trinajstić information content (AvgIpc) is 2.27. The van der Waals surface area contributed by atoms with E-state index in [2.05, 4.69) is 5.29 Å². The van der Waals surface area contributed by atoms with Crippen LogP contribution >= 0.6 is 0 Å². The van der Waals surface area contributed by atoms with E-state index in [9.17, 15) is 9.70 Å². The lowest BCUT2D eigenvalue weighted by Gasteiger charge is -2.19. The van der Waals surface area contributed by atoms with Gasteiger partial charge in [-0.3, -0.25) is 4.90 Å².